The molecule has 0 spiro atoms. The molecule has 36 heavy (non-hydrogen) atoms. The summed E-state index contributed by atoms with van der Waals surface area (Å²) >= 11 is 2.40. The summed E-state index contributed by atoms with van der Waals surface area (Å²) in [6, 6.07) is 24.6. The first-order valence-electron chi connectivity index (χ1n) is 11.0. The highest BCUT2D eigenvalue weighted by Gasteiger charge is 2.03. The van der Waals surface area contributed by atoms with E-state index in [2.05, 4.69) is 33.6 Å². The lowest BCUT2D eigenvalue weighted by atomic mass is 10.1. The van der Waals surface area contributed by atoms with Gasteiger partial charge in [0.25, 0.3) is 0 Å². The molecule has 0 N–H and O–H groups in total. The molecule has 4 nitrogen and oxygen atoms in total. The molecule has 0 aliphatic carbocycles. The summed E-state index contributed by atoms with van der Waals surface area (Å²) in [6.45, 7) is 3.09. The summed E-state index contributed by atoms with van der Waals surface area (Å²) in [5.41, 5.74) is 4.62. The molecule has 0 aliphatic rings. The fourth-order valence-electron chi connectivity index (χ4n) is 3.09. The predicted octanol–water partition coefficient (Wildman–Crippen LogP) is 6.22. The van der Waals surface area contributed by atoms with Gasteiger partial charge in [0.05, 0.1) is 11.4 Å². The van der Waals surface area contributed by atoms with Gasteiger partial charge in [-0.05, 0) is 78.7 Å². The summed E-state index contributed by atoms with van der Waals surface area (Å²) in [4.78, 5) is 33.3. The van der Waals surface area contributed by atoms with Crippen LogP contribution in [0.5, 0.6) is 0 Å². The van der Waals surface area contributed by atoms with Gasteiger partial charge in [0.2, 0.25) is 0 Å². The van der Waals surface area contributed by atoms with Crippen molar-refractivity contribution in [1.29, 1.82) is 0 Å². The smallest absolute Gasteiger partial charge is 0.190 e. The Hall–Kier alpha value is -4.10. The molecule has 0 bridgehead atoms. The van der Waals surface area contributed by atoms with Crippen molar-refractivity contribution in [3.05, 3.63) is 107 Å². The van der Waals surface area contributed by atoms with Gasteiger partial charge in [-0.1, -0.05) is 47.4 Å². The van der Waals surface area contributed by atoms with Crippen molar-refractivity contribution in [2.75, 3.05) is 0 Å². The van der Waals surface area contributed by atoms with Crippen molar-refractivity contribution >= 4 is 33.8 Å². The van der Waals surface area contributed by atoms with Crippen LogP contribution < -0.4 is 0 Å². The van der Waals surface area contributed by atoms with E-state index < -0.39 is 0 Å². The Morgan fingerprint density at radius 3 is 1.67 bits per heavy atom. The van der Waals surface area contributed by atoms with E-state index in [4.69, 9.17) is 0 Å². The molecule has 174 valence electrons. The van der Waals surface area contributed by atoms with Crippen LogP contribution in [0.4, 0.5) is 0 Å². The van der Waals surface area contributed by atoms with E-state index in [9.17, 15) is 9.59 Å². The Labute approximate surface area is 219 Å². The van der Waals surface area contributed by atoms with Crippen LogP contribution in [0.2, 0.25) is 0 Å². The topological polar surface area (TPSA) is 59.9 Å². The molecule has 2 aromatic carbocycles. The van der Waals surface area contributed by atoms with E-state index in [-0.39, 0.29) is 10.2 Å². The molecule has 6 heteroatoms. The lowest BCUT2D eigenvalue weighted by molar-refractivity contribution is -0.109. The number of aromatic nitrogens is 2. The number of hydrogen-bond acceptors (Lipinski definition) is 6. The highest BCUT2D eigenvalue weighted by molar-refractivity contribution is 8.13. The zero-order valence-electron chi connectivity index (χ0n) is 19.6. The zero-order valence-corrected chi connectivity index (χ0v) is 21.2. The summed E-state index contributed by atoms with van der Waals surface area (Å²) in [5.74, 6) is 12.4. The Bertz CT molecular complexity index is 1520. The van der Waals surface area contributed by atoms with Crippen LogP contribution in [0, 0.1) is 23.7 Å². The lowest BCUT2D eigenvalue weighted by Gasteiger charge is -2.01. The fraction of sp³-hybridized carbons (Fsp3) is 0.0667. The molecule has 2 aromatic heterocycles. The first-order chi connectivity index (χ1) is 17.4. The van der Waals surface area contributed by atoms with Gasteiger partial charge in [0.1, 0.15) is 5.69 Å². The Morgan fingerprint density at radius 2 is 1.14 bits per heavy atom. The molecular formula is C30H20N2O2S2. The number of benzene rings is 2. The number of nitrogens with zero attached hydrogens (tertiary/aromatic N) is 2. The number of hydrogen-bond donors (Lipinski definition) is 0. The van der Waals surface area contributed by atoms with Crippen molar-refractivity contribution < 1.29 is 9.59 Å². The minimum absolute atomic E-state index is 0.0551. The Balaban J connectivity index is 1.44. The maximum Gasteiger partial charge on any atom is 0.190 e. The second kappa shape index (κ2) is 12.0. The third kappa shape index (κ3) is 7.45. The molecule has 4 aromatic rings. The molecule has 0 amide bonds. The van der Waals surface area contributed by atoms with Gasteiger partial charge in [-0.25, -0.2) is 4.98 Å². The molecule has 0 saturated heterocycles. The van der Waals surface area contributed by atoms with Crippen molar-refractivity contribution in [2.24, 2.45) is 0 Å². The van der Waals surface area contributed by atoms with Gasteiger partial charge in [-0.3, -0.25) is 14.6 Å². The summed E-state index contributed by atoms with van der Waals surface area (Å²) < 4.78 is 0. The minimum Gasteiger partial charge on any atom is -0.287 e. The minimum atomic E-state index is 0.0551. The number of carbonyl (C=O) groups excluding carboxylic acids is 2. The normalized spacial score (nSPS) is 9.94. The summed E-state index contributed by atoms with van der Waals surface area (Å²) in [6.07, 6.45) is 1.73. The molecule has 0 radical (unpaired) electrons. The van der Waals surface area contributed by atoms with E-state index in [0.717, 1.165) is 37.9 Å². The maximum atomic E-state index is 11.2. The van der Waals surface area contributed by atoms with Gasteiger partial charge < -0.3 is 0 Å². The third-order valence-electron chi connectivity index (χ3n) is 4.69. The van der Waals surface area contributed by atoms with Crippen LogP contribution in [0.3, 0.4) is 0 Å². The van der Waals surface area contributed by atoms with Crippen LogP contribution >= 0.6 is 23.5 Å². The lowest BCUT2D eigenvalue weighted by Crippen LogP contribution is -1.91. The average molecular weight is 505 g/mol. The fourth-order valence-corrected chi connectivity index (χ4v) is 4.30. The molecule has 2 heterocycles. The first-order valence-corrected chi connectivity index (χ1v) is 12.6. The molecular weight excluding hydrogens is 484 g/mol. The van der Waals surface area contributed by atoms with Crippen LogP contribution in [0.25, 0.3) is 11.4 Å². The highest BCUT2D eigenvalue weighted by Crippen LogP contribution is 2.20. The van der Waals surface area contributed by atoms with Crippen molar-refractivity contribution in [1.82, 2.24) is 9.97 Å². The van der Waals surface area contributed by atoms with E-state index in [1.54, 1.807) is 20.0 Å². The highest BCUT2D eigenvalue weighted by atomic mass is 32.2. The van der Waals surface area contributed by atoms with E-state index in [1.165, 1.54) is 23.5 Å². The van der Waals surface area contributed by atoms with Gasteiger partial charge in [-0.2, -0.15) is 0 Å². The quantitative estimate of drug-likeness (QED) is 0.244. The average Bonchev–Trinajstić information content (AvgIpc) is 2.88. The number of rotatable bonds is 3. The molecule has 4 rings (SSSR count). The number of carbonyl (C=O) groups is 2. The van der Waals surface area contributed by atoms with Crippen molar-refractivity contribution in [2.45, 2.75) is 23.6 Å². The largest absolute Gasteiger partial charge is 0.287 e. The molecule has 0 saturated carbocycles. The van der Waals surface area contributed by atoms with E-state index >= 15 is 0 Å². The van der Waals surface area contributed by atoms with Crippen LogP contribution in [-0.2, 0) is 9.59 Å². The standard InChI is InChI=1S/C30H20N2O2S2/c1-21(33)35-27-15-9-23(10-16-27)6-7-25-13-19-29(31-20-25)30-5-3-4-26(32-30)14-8-24-11-17-28(18-12-24)36-22(2)34/h3-5,9-13,15-20H,1-2H3. The van der Waals surface area contributed by atoms with Gasteiger partial charge >= 0.3 is 0 Å². The first kappa shape index (κ1) is 25.0. The second-order valence-corrected chi connectivity index (χ2v) is 10.1. The second-order valence-electron chi connectivity index (χ2n) is 7.58. The Morgan fingerprint density at radius 1 is 0.611 bits per heavy atom. The number of thioether (sulfide) groups is 2. The molecule has 0 atom stereocenters. The van der Waals surface area contributed by atoms with E-state index in [1.807, 2.05) is 78.9 Å². The zero-order chi connectivity index (χ0) is 25.3. The predicted molar refractivity (Wildman–Crippen MR) is 145 cm³/mol. The van der Waals surface area contributed by atoms with Crippen molar-refractivity contribution in [3.63, 3.8) is 0 Å². The van der Waals surface area contributed by atoms with Crippen molar-refractivity contribution in [3.8, 4) is 35.1 Å². The van der Waals surface area contributed by atoms with Gasteiger partial charge in [0.15, 0.2) is 10.2 Å². The summed E-state index contributed by atoms with van der Waals surface area (Å²) in [5, 5.41) is 0.114. The van der Waals surface area contributed by atoms with Crippen LogP contribution in [0.1, 0.15) is 36.2 Å². The third-order valence-corrected chi connectivity index (χ3v) is 6.28. The van der Waals surface area contributed by atoms with Crippen LogP contribution in [0.15, 0.2) is 94.9 Å². The number of pyridine rings is 2. The van der Waals surface area contributed by atoms with E-state index in [0.29, 0.717) is 5.69 Å². The Kier molecular flexibility index (Phi) is 8.36. The maximum absolute atomic E-state index is 11.2. The van der Waals surface area contributed by atoms with Gasteiger partial charge in [-0.15, -0.1) is 0 Å². The van der Waals surface area contributed by atoms with Crippen LogP contribution in [-0.4, -0.2) is 20.2 Å². The van der Waals surface area contributed by atoms with Gasteiger partial charge in [0, 0.05) is 46.5 Å². The molecule has 0 unspecified atom stereocenters. The molecule has 0 aliphatic heterocycles. The molecule has 0 fully saturated rings. The SMILES string of the molecule is CC(=O)Sc1ccc(C#Cc2ccc(-c3cccc(C#Cc4ccc(SC(C)=O)cc4)n3)nc2)cc1. The summed E-state index contributed by atoms with van der Waals surface area (Å²) in [7, 11) is 0. The monoisotopic (exact) mass is 504 g/mol.